The van der Waals surface area contributed by atoms with Gasteiger partial charge >= 0.3 is 0 Å². The number of nitrogens with one attached hydrogen (secondary N) is 1. The average Bonchev–Trinajstić information content (AvgIpc) is 2.42. The van der Waals surface area contributed by atoms with Crippen LogP contribution in [0.4, 0.5) is 0 Å². The third kappa shape index (κ3) is 2.41. The molecule has 18 heavy (non-hydrogen) atoms. The van der Waals surface area contributed by atoms with Crippen LogP contribution in [0.1, 0.15) is 11.7 Å². The SMILES string of the molecule is COc1cc(C2CNCCO2)c(O)c(Br)c1OC. The van der Waals surface area contributed by atoms with Crippen LogP contribution in [0.3, 0.4) is 0 Å². The molecule has 1 atom stereocenters. The number of halogens is 1. The molecule has 0 aliphatic carbocycles. The van der Waals surface area contributed by atoms with E-state index in [4.69, 9.17) is 14.2 Å². The number of hydrogen-bond acceptors (Lipinski definition) is 5. The number of rotatable bonds is 3. The van der Waals surface area contributed by atoms with E-state index in [1.807, 2.05) is 0 Å². The van der Waals surface area contributed by atoms with E-state index in [1.165, 1.54) is 7.11 Å². The molecule has 1 fully saturated rings. The zero-order chi connectivity index (χ0) is 13.1. The maximum absolute atomic E-state index is 10.2. The first-order chi connectivity index (χ1) is 8.69. The van der Waals surface area contributed by atoms with Crippen molar-refractivity contribution in [2.45, 2.75) is 6.10 Å². The molecule has 0 radical (unpaired) electrons. The van der Waals surface area contributed by atoms with Crippen molar-refractivity contribution in [3.8, 4) is 17.2 Å². The first-order valence-electron chi connectivity index (χ1n) is 5.64. The van der Waals surface area contributed by atoms with Crippen molar-refractivity contribution in [1.29, 1.82) is 0 Å². The van der Waals surface area contributed by atoms with E-state index in [0.29, 0.717) is 34.7 Å². The number of hydrogen-bond donors (Lipinski definition) is 2. The normalized spacial score (nSPS) is 19.6. The summed E-state index contributed by atoms with van der Waals surface area (Å²) in [5, 5.41) is 13.4. The maximum atomic E-state index is 10.2. The fourth-order valence-electron chi connectivity index (χ4n) is 1.97. The highest BCUT2D eigenvalue weighted by Gasteiger charge is 2.24. The predicted molar refractivity (Wildman–Crippen MR) is 70.5 cm³/mol. The van der Waals surface area contributed by atoms with Gasteiger partial charge in [-0.3, -0.25) is 0 Å². The standard InChI is InChI=1S/C12H16BrNO4/c1-16-8-5-7(9-6-14-3-4-18-9)11(15)10(13)12(8)17-2/h5,9,14-15H,3-4,6H2,1-2H3. The molecule has 2 rings (SSSR count). The van der Waals surface area contributed by atoms with Gasteiger partial charge in [-0.2, -0.15) is 0 Å². The van der Waals surface area contributed by atoms with E-state index in [1.54, 1.807) is 13.2 Å². The Bertz CT molecular complexity index is 433. The van der Waals surface area contributed by atoms with Gasteiger partial charge in [-0.15, -0.1) is 0 Å². The molecule has 1 aliphatic heterocycles. The average molecular weight is 318 g/mol. The summed E-state index contributed by atoms with van der Waals surface area (Å²) < 4.78 is 16.6. The summed E-state index contributed by atoms with van der Waals surface area (Å²) >= 11 is 3.32. The first-order valence-corrected chi connectivity index (χ1v) is 6.44. The maximum Gasteiger partial charge on any atom is 0.178 e. The van der Waals surface area contributed by atoms with Gasteiger partial charge in [-0.25, -0.2) is 0 Å². The van der Waals surface area contributed by atoms with Gasteiger partial charge in [0.2, 0.25) is 0 Å². The van der Waals surface area contributed by atoms with Crippen LogP contribution in [0.15, 0.2) is 10.5 Å². The van der Waals surface area contributed by atoms with Crippen LogP contribution in [0, 0.1) is 0 Å². The summed E-state index contributed by atoms with van der Waals surface area (Å²) in [5.41, 5.74) is 0.687. The van der Waals surface area contributed by atoms with E-state index < -0.39 is 0 Å². The van der Waals surface area contributed by atoms with Crippen LogP contribution < -0.4 is 14.8 Å². The molecule has 1 heterocycles. The van der Waals surface area contributed by atoms with Gasteiger partial charge in [0.1, 0.15) is 10.2 Å². The highest BCUT2D eigenvalue weighted by atomic mass is 79.9. The fourth-order valence-corrected chi connectivity index (χ4v) is 2.56. The molecule has 1 aromatic carbocycles. The fraction of sp³-hybridized carbons (Fsp3) is 0.500. The number of morpholine rings is 1. The lowest BCUT2D eigenvalue weighted by Crippen LogP contribution is -2.33. The van der Waals surface area contributed by atoms with Crippen molar-refractivity contribution in [2.75, 3.05) is 33.9 Å². The summed E-state index contributed by atoms with van der Waals surface area (Å²) in [6.07, 6.45) is -0.185. The zero-order valence-electron chi connectivity index (χ0n) is 10.3. The molecular formula is C12H16BrNO4. The summed E-state index contributed by atoms with van der Waals surface area (Å²) in [6, 6.07) is 1.75. The Labute approximate surface area is 114 Å². The molecule has 1 unspecified atom stereocenters. The lowest BCUT2D eigenvalue weighted by atomic mass is 10.1. The predicted octanol–water partition coefficient (Wildman–Crippen LogP) is 1.83. The van der Waals surface area contributed by atoms with E-state index in [0.717, 1.165) is 6.54 Å². The third-order valence-electron chi connectivity index (χ3n) is 2.89. The first kappa shape index (κ1) is 13.5. The van der Waals surface area contributed by atoms with E-state index in [2.05, 4.69) is 21.2 Å². The van der Waals surface area contributed by atoms with Crippen LogP contribution in [-0.2, 0) is 4.74 Å². The molecule has 2 N–H and O–H groups in total. The van der Waals surface area contributed by atoms with Gasteiger partial charge < -0.3 is 24.6 Å². The number of methoxy groups -OCH3 is 2. The Kier molecular flexibility index (Phi) is 4.31. The van der Waals surface area contributed by atoms with Crippen molar-refractivity contribution >= 4 is 15.9 Å². The highest BCUT2D eigenvalue weighted by Crippen LogP contribution is 2.46. The molecule has 100 valence electrons. The quantitative estimate of drug-likeness (QED) is 0.890. The number of ether oxygens (including phenoxy) is 3. The smallest absolute Gasteiger partial charge is 0.178 e. The van der Waals surface area contributed by atoms with Crippen molar-refractivity contribution in [2.24, 2.45) is 0 Å². The summed E-state index contributed by atoms with van der Waals surface area (Å²) in [6.45, 7) is 2.11. The Morgan fingerprint density at radius 3 is 2.78 bits per heavy atom. The lowest BCUT2D eigenvalue weighted by Gasteiger charge is -2.25. The Balaban J connectivity index is 2.44. The van der Waals surface area contributed by atoms with Crippen molar-refractivity contribution in [3.63, 3.8) is 0 Å². The second kappa shape index (κ2) is 5.77. The van der Waals surface area contributed by atoms with Crippen molar-refractivity contribution < 1.29 is 19.3 Å². The summed E-state index contributed by atoms with van der Waals surface area (Å²) in [4.78, 5) is 0. The number of phenols is 1. The molecule has 0 amide bonds. The summed E-state index contributed by atoms with van der Waals surface area (Å²) in [7, 11) is 3.09. The molecule has 1 aromatic rings. The van der Waals surface area contributed by atoms with Gasteiger partial charge in [-0.05, 0) is 22.0 Å². The Morgan fingerprint density at radius 1 is 1.44 bits per heavy atom. The molecule has 1 aliphatic rings. The van der Waals surface area contributed by atoms with Crippen molar-refractivity contribution in [1.82, 2.24) is 5.32 Å². The van der Waals surface area contributed by atoms with Crippen LogP contribution in [0.2, 0.25) is 0 Å². The molecule has 0 bridgehead atoms. The molecule has 5 nitrogen and oxygen atoms in total. The molecule has 0 spiro atoms. The van der Waals surface area contributed by atoms with Crippen molar-refractivity contribution in [3.05, 3.63) is 16.1 Å². The van der Waals surface area contributed by atoms with E-state index in [9.17, 15) is 5.11 Å². The number of aromatic hydroxyl groups is 1. The molecule has 6 heteroatoms. The third-order valence-corrected chi connectivity index (χ3v) is 3.63. The molecular weight excluding hydrogens is 302 g/mol. The monoisotopic (exact) mass is 317 g/mol. The Hall–Kier alpha value is -0.980. The van der Waals surface area contributed by atoms with Crippen LogP contribution >= 0.6 is 15.9 Å². The van der Waals surface area contributed by atoms with Gasteiger partial charge in [0.25, 0.3) is 0 Å². The topological polar surface area (TPSA) is 60.0 Å². The van der Waals surface area contributed by atoms with Gasteiger partial charge in [-0.1, -0.05) is 0 Å². The zero-order valence-corrected chi connectivity index (χ0v) is 11.9. The molecule has 0 aromatic heterocycles. The van der Waals surface area contributed by atoms with Crippen LogP contribution in [0.25, 0.3) is 0 Å². The second-order valence-corrected chi connectivity index (χ2v) is 4.72. The molecule has 1 saturated heterocycles. The highest BCUT2D eigenvalue weighted by molar-refractivity contribution is 9.10. The Morgan fingerprint density at radius 2 is 2.22 bits per heavy atom. The van der Waals surface area contributed by atoms with Crippen LogP contribution in [0.5, 0.6) is 17.2 Å². The van der Waals surface area contributed by atoms with Crippen LogP contribution in [-0.4, -0.2) is 39.0 Å². The van der Waals surface area contributed by atoms with E-state index >= 15 is 0 Å². The largest absolute Gasteiger partial charge is 0.506 e. The minimum atomic E-state index is -0.185. The lowest BCUT2D eigenvalue weighted by molar-refractivity contribution is 0.0261. The molecule has 0 saturated carbocycles. The number of phenolic OH excluding ortho intramolecular Hbond substituents is 1. The second-order valence-electron chi connectivity index (χ2n) is 3.93. The number of benzene rings is 1. The van der Waals surface area contributed by atoms with E-state index in [-0.39, 0.29) is 11.9 Å². The minimum Gasteiger partial charge on any atom is -0.506 e. The minimum absolute atomic E-state index is 0.126. The van der Waals surface area contributed by atoms with Gasteiger partial charge in [0.05, 0.1) is 26.9 Å². The van der Waals surface area contributed by atoms with Gasteiger partial charge in [0.15, 0.2) is 11.5 Å². The van der Waals surface area contributed by atoms with Gasteiger partial charge in [0, 0.05) is 18.7 Å². The summed E-state index contributed by atoms with van der Waals surface area (Å²) in [5.74, 6) is 1.16.